The quantitative estimate of drug-likeness (QED) is 0.883. The van der Waals surface area contributed by atoms with E-state index >= 15 is 0 Å². The van der Waals surface area contributed by atoms with Gasteiger partial charge in [0.1, 0.15) is 6.04 Å². The lowest BCUT2D eigenvalue weighted by Crippen LogP contribution is -2.44. The maximum absolute atomic E-state index is 12.4. The number of nitrogens with zero attached hydrogens (tertiary/aromatic N) is 2. The van der Waals surface area contributed by atoms with Gasteiger partial charge < -0.3 is 15.0 Å². The molecule has 1 fully saturated rings. The predicted octanol–water partition coefficient (Wildman–Crippen LogP) is 0.716. The molecule has 0 spiro atoms. The number of amides is 2. The lowest BCUT2D eigenvalue weighted by Gasteiger charge is -2.28. The number of rotatable bonds is 3. The number of nitrogens with one attached hydrogen (secondary N) is 1. The highest BCUT2D eigenvalue weighted by molar-refractivity contribution is 5.90. The van der Waals surface area contributed by atoms with Crippen LogP contribution in [0.2, 0.25) is 0 Å². The molecule has 1 aromatic rings. The van der Waals surface area contributed by atoms with Crippen molar-refractivity contribution in [2.24, 2.45) is 0 Å². The maximum atomic E-state index is 12.4. The van der Waals surface area contributed by atoms with Crippen molar-refractivity contribution >= 4 is 11.8 Å². The van der Waals surface area contributed by atoms with Gasteiger partial charge in [-0.25, -0.2) is 4.98 Å². The van der Waals surface area contributed by atoms with Crippen LogP contribution in [-0.2, 0) is 16.1 Å². The Morgan fingerprint density at radius 2 is 2.20 bits per heavy atom. The average Bonchev–Trinajstić information content (AvgIpc) is 2.51. The predicted molar refractivity (Wildman–Crippen MR) is 73.0 cm³/mol. The summed E-state index contributed by atoms with van der Waals surface area (Å²) in [6.07, 6.45) is 1.95. The topological polar surface area (TPSA) is 71.5 Å². The molecule has 0 saturated carbocycles. The van der Waals surface area contributed by atoms with Crippen molar-refractivity contribution in [1.29, 1.82) is 0 Å². The molecule has 6 heteroatoms. The van der Waals surface area contributed by atoms with E-state index in [0.29, 0.717) is 18.8 Å². The van der Waals surface area contributed by atoms with E-state index in [1.165, 1.54) is 0 Å². The highest BCUT2D eigenvalue weighted by Gasteiger charge is 2.31. The van der Waals surface area contributed by atoms with E-state index in [1.807, 2.05) is 13.0 Å². The second kappa shape index (κ2) is 5.90. The van der Waals surface area contributed by atoms with E-state index in [0.717, 1.165) is 5.56 Å². The molecule has 1 aromatic heterocycles. The van der Waals surface area contributed by atoms with Crippen LogP contribution in [0.3, 0.4) is 0 Å². The fourth-order valence-corrected chi connectivity index (χ4v) is 2.35. The largest absolute Gasteiger partial charge is 0.481 e. The van der Waals surface area contributed by atoms with Crippen LogP contribution in [0, 0.1) is 0 Å². The Hall–Kier alpha value is -2.11. The summed E-state index contributed by atoms with van der Waals surface area (Å²) >= 11 is 0. The zero-order valence-corrected chi connectivity index (χ0v) is 11.9. The molecule has 108 valence electrons. The average molecular weight is 277 g/mol. The van der Waals surface area contributed by atoms with Crippen LogP contribution in [0.5, 0.6) is 5.88 Å². The molecule has 1 aliphatic rings. The number of hydrogen-bond donors (Lipinski definition) is 1. The summed E-state index contributed by atoms with van der Waals surface area (Å²) < 4.78 is 5.20. The van der Waals surface area contributed by atoms with Crippen molar-refractivity contribution in [2.75, 3.05) is 7.11 Å². The molecule has 20 heavy (non-hydrogen) atoms. The van der Waals surface area contributed by atoms with Crippen molar-refractivity contribution in [3.05, 3.63) is 23.9 Å². The highest BCUT2D eigenvalue weighted by Crippen LogP contribution is 2.20. The van der Waals surface area contributed by atoms with Gasteiger partial charge in [0.15, 0.2) is 0 Å². The first-order valence-electron chi connectivity index (χ1n) is 6.60. The molecular weight excluding hydrogens is 258 g/mol. The standard InChI is InChI=1S/C14H19N3O3/c1-9-7-12(18)16-10(2)14(19)17(9)8-11-5-4-6-15-13(11)20-3/h4-6,9-10H,7-8H2,1-3H3,(H,16,18). The fourth-order valence-electron chi connectivity index (χ4n) is 2.35. The van der Waals surface area contributed by atoms with Crippen molar-refractivity contribution in [1.82, 2.24) is 15.2 Å². The number of carbonyl (C=O) groups is 2. The molecule has 0 aromatic carbocycles. The molecule has 2 atom stereocenters. The Balaban J connectivity index is 2.25. The third kappa shape index (κ3) is 2.89. The smallest absolute Gasteiger partial charge is 0.245 e. The normalized spacial score (nSPS) is 23.2. The van der Waals surface area contributed by atoms with E-state index in [9.17, 15) is 9.59 Å². The minimum atomic E-state index is -0.505. The van der Waals surface area contributed by atoms with Crippen molar-refractivity contribution in [3.63, 3.8) is 0 Å². The second-order valence-corrected chi connectivity index (χ2v) is 4.98. The molecule has 1 saturated heterocycles. The highest BCUT2D eigenvalue weighted by atomic mass is 16.5. The molecule has 2 unspecified atom stereocenters. The molecular formula is C14H19N3O3. The lowest BCUT2D eigenvalue weighted by atomic mass is 10.1. The molecule has 2 heterocycles. The molecule has 0 aliphatic carbocycles. The summed E-state index contributed by atoms with van der Waals surface area (Å²) in [6.45, 7) is 3.96. The molecule has 2 rings (SSSR count). The second-order valence-electron chi connectivity index (χ2n) is 4.98. The van der Waals surface area contributed by atoms with Crippen molar-refractivity contribution in [3.8, 4) is 5.88 Å². The van der Waals surface area contributed by atoms with Crippen LogP contribution in [0.15, 0.2) is 18.3 Å². The Morgan fingerprint density at radius 3 is 2.90 bits per heavy atom. The van der Waals surface area contributed by atoms with Crippen molar-refractivity contribution < 1.29 is 14.3 Å². The molecule has 1 aliphatic heterocycles. The zero-order chi connectivity index (χ0) is 14.7. The van der Waals surface area contributed by atoms with Crippen LogP contribution in [0.25, 0.3) is 0 Å². The molecule has 2 amide bonds. The van der Waals surface area contributed by atoms with Gasteiger partial charge in [-0.05, 0) is 19.9 Å². The van der Waals surface area contributed by atoms with Crippen LogP contribution in [-0.4, -0.2) is 40.9 Å². The lowest BCUT2D eigenvalue weighted by molar-refractivity contribution is -0.135. The number of carbonyl (C=O) groups excluding carboxylic acids is 2. The van der Waals surface area contributed by atoms with E-state index in [2.05, 4.69) is 10.3 Å². The van der Waals surface area contributed by atoms with Gasteiger partial charge in [-0.1, -0.05) is 6.07 Å². The van der Waals surface area contributed by atoms with Crippen molar-refractivity contribution in [2.45, 2.75) is 38.9 Å². The molecule has 6 nitrogen and oxygen atoms in total. The van der Waals surface area contributed by atoms with E-state index in [1.54, 1.807) is 31.2 Å². The summed E-state index contributed by atoms with van der Waals surface area (Å²) in [5.74, 6) is 0.317. The fraction of sp³-hybridized carbons (Fsp3) is 0.500. The number of aromatic nitrogens is 1. The third-order valence-corrected chi connectivity index (χ3v) is 3.43. The van der Waals surface area contributed by atoms with E-state index in [4.69, 9.17) is 4.74 Å². The van der Waals surface area contributed by atoms with Gasteiger partial charge in [0.2, 0.25) is 17.7 Å². The SMILES string of the molecule is COc1ncccc1CN1C(=O)C(C)NC(=O)CC1C. The van der Waals surface area contributed by atoms with Crippen LogP contribution >= 0.6 is 0 Å². The molecule has 1 N–H and O–H groups in total. The molecule has 0 radical (unpaired) electrons. The molecule has 0 bridgehead atoms. The number of methoxy groups -OCH3 is 1. The first-order valence-corrected chi connectivity index (χ1v) is 6.60. The first kappa shape index (κ1) is 14.3. The van der Waals surface area contributed by atoms with Gasteiger partial charge in [0.05, 0.1) is 13.7 Å². The van der Waals surface area contributed by atoms with Gasteiger partial charge in [-0.15, -0.1) is 0 Å². The van der Waals surface area contributed by atoms with Gasteiger partial charge in [-0.3, -0.25) is 9.59 Å². The Bertz CT molecular complexity index is 518. The first-order chi connectivity index (χ1) is 9.52. The van der Waals surface area contributed by atoms with Crippen LogP contribution < -0.4 is 10.1 Å². The summed E-state index contributed by atoms with van der Waals surface area (Å²) in [7, 11) is 1.55. The van der Waals surface area contributed by atoms with Gasteiger partial charge in [0.25, 0.3) is 0 Å². The van der Waals surface area contributed by atoms with E-state index < -0.39 is 6.04 Å². The number of ether oxygens (including phenoxy) is 1. The number of pyridine rings is 1. The Labute approximate surface area is 118 Å². The summed E-state index contributed by atoms with van der Waals surface area (Å²) in [5, 5.41) is 2.69. The summed E-state index contributed by atoms with van der Waals surface area (Å²) in [5.41, 5.74) is 0.830. The summed E-state index contributed by atoms with van der Waals surface area (Å²) in [6, 6.07) is 3.02. The van der Waals surface area contributed by atoms with Crippen LogP contribution in [0.1, 0.15) is 25.8 Å². The van der Waals surface area contributed by atoms with Gasteiger partial charge >= 0.3 is 0 Å². The third-order valence-electron chi connectivity index (χ3n) is 3.43. The minimum Gasteiger partial charge on any atom is -0.481 e. The van der Waals surface area contributed by atoms with Gasteiger partial charge in [-0.2, -0.15) is 0 Å². The monoisotopic (exact) mass is 277 g/mol. The Morgan fingerprint density at radius 1 is 1.45 bits per heavy atom. The minimum absolute atomic E-state index is 0.0887. The number of hydrogen-bond acceptors (Lipinski definition) is 4. The zero-order valence-electron chi connectivity index (χ0n) is 11.9. The van der Waals surface area contributed by atoms with Crippen LogP contribution in [0.4, 0.5) is 0 Å². The summed E-state index contributed by atoms with van der Waals surface area (Å²) in [4.78, 5) is 29.8. The maximum Gasteiger partial charge on any atom is 0.245 e. The Kier molecular flexibility index (Phi) is 4.22. The van der Waals surface area contributed by atoms with E-state index in [-0.39, 0.29) is 17.9 Å². The van der Waals surface area contributed by atoms with Gasteiger partial charge in [0, 0.05) is 24.2 Å².